The van der Waals surface area contributed by atoms with Gasteiger partial charge in [0.15, 0.2) is 11.5 Å². The molecule has 0 aliphatic heterocycles. The number of para-hydroxylation sites is 1. The fourth-order valence-electron chi connectivity index (χ4n) is 2.25. The number of carbonyl (C=O) groups is 2. The molecule has 0 amide bonds. The van der Waals surface area contributed by atoms with Crippen LogP contribution < -0.4 is 14.8 Å². The molecule has 0 saturated carbocycles. The molecule has 7 nitrogen and oxygen atoms in total. The van der Waals surface area contributed by atoms with Crippen LogP contribution >= 0.6 is 0 Å². The van der Waals surface area contributed by atoms with Crippen molar-refractivity contribution in [2.75, 3.05) is 14.2 Å². The Morgan fingerprint density at radius 2 is 1.52 bits per heavy atom. The Kier molecular flexibility index (Phi) is 8.94. The van der Waals surface area contributed by atoms with Gasteiger partial charge in [0.05, 0.1) is 19.8 Å². The lowest BCUT2D eigenvalue weighted by Crippen LogP contribution is -2.14. The predicted octanol–water partition coefficient (Wildman–Crippen LogP) is 3.17. The lowest BCUT2D eigenvalue weighted by atomic mass is 10.1. The minimum Gasteiger partial charge on any atom is -0.493 e. The van der Waals surface area contributed by atoms with E-state index in [0.717, 1.165) is 23.3 Å². The third-order valence-electron chi connectivity index (χ3n) is 3.59. The van der Waals surface area contributed by atoms with Crippen LogP contribution in [0, 0.1) is 0 Å². The number of methoxy groups -OCH3 is 2. The summed E-state index contributed by atoms with van der Waals surface area (Å²) < 4.78 is 48.1. The Morgan fingerprint density at radius 3 is 1.97 bits per heavy atom. The standard InChI is InChI=1S/C17H18F3NO2.C2H2O4/c1-22-15-5-3-4-13(16(15)23-2)11-21-10-12-6-8-14(9-7-12)17(18,19)20;3-1(4)2(5)6/h3-9,21H,10-11H2,1-2H3;(H,3,4)(H,5,6). The molecule has 0 spiro atoms. The van der Waals surface area contributed by atoms with Crippen LogP contribution in [-0.2, 0) is 28.9 Å². The van der Waals surface area contributed by atoms with Crippen LogP contribution in [0.1, 0.15) is 16.7 Å². The highest BCUT2D eigenvalue weighted by molar-refractivity contribution is 6.27. The zero-order chi connectivity index (χ0) is 22.0. The van der Waals surface area contributed by atoms with Gasteiger partial charge in [-0.05, 0) is 23.8 Å². The van der Waals surface area contributed by atoms with Crippen LogP contribution in [0.4, 0.5) is 13.2 Å². The zero-order valence-electron chi connectivity index (χ0n) is 15.6. The summed E-state index contributed by atoms with van der Waals surface area (Å²) in [5, 5.41) is 18.0. The number of halogens is 3. The number of nitrogens with one attached hydrogen (secondary N) is 1. The number of hydrogen-bond acceptors (Lipinski definition) is 5. The second kappa shape index (κ2) is 10.9. The molecule has 0 aliphatic rings. The summed E-state index contributed by atoms with van der Waals surface area (Å²) in [7, 11) is 3.13. The van der Waals surface area contributed by atoms with Crippen molar-refractivity contribution in [3.8, 4) is 11.5 Å². The maximum absolute atomic E-state index is 12.5. The van der Waals surface area contributed by atoms with Gasteiger partial charge < -0.3 is 25.0 Å². The first-order valence-electron chi connectivity index (χ1n) is 8.13. The molecule has 0 unspecified atom stereocenters. The lowest BCUT2D eigenvalue weighted by molar-refractivity contribution is -0.159. The highest BCUT2D eigenvalue weighted by Crippen LogP contribution is 2.31. The minimum absolute atomic E-state index is 0.457. The van der Waals surface area contributed by atoms with Crippen molar-refractivity contribution in [2.45, 2.75) is 19.3 Å². The molecule has 0 atom stereocenters. The summed E-state index contributed by atoms with van der Waals surface area (Å²) in [5.74, 6) is -2.36. The van der Waals surface area contributed by atoms with Crippen molar-refractivity contribution in [1.82, 2.24) is 5.32 Å². The SMILES string of the molecule is COc1cccc(CNCc2ccc(C(F)(F)F)cc2)c1OC.O=C(O)C(=O)O. The van der Waals surface area contributed by atoms with Gasteiger partial charge in [0.25, 0.3) is 0 Å². The molecule has 0 bridgehead atoms. The number of ether oxygens (including phenoxy) is 2. The van der Waals surface area contributed by atoms with E-state index in [4.69, 9.17) is 29.3 Å². The molecule has 0 saturated heterocycles. The van der Waals surface area contributed by atoms with E-state index >= 15 is 0 Å². The topological polar surface area (TPSA) is 105 Å². The second-order valence-corrected chi connectivity index (χ2v) is 5.56. The fraction of sp³-hybridized carbons (Fsp3) is 0.263. The van der Waals surface area contributed by atoms with Crippen molar-refractivity contribution in [3.05, 3.63) is 59.2 Å². The Balaban J connectivity index is 0.000000612. The molecule has 0 fully saturated rings. The van der Waals surface area contributed by atoms with Crippen molar-refractivity contribution in [3.63, 3.8) is 0 Å². The molecular weight excluding hydrogens is 395 g/mol. The number of carboxylic acid groups (broad SMARTS) is 2. The average Bonchev–Trinajstić information content (AvgIpc) is 2.67. The van der Waals surface area contributed by atoms with Gasteiger partial charge in [-0.3, -0.25) is 0 Å². The van der Waals surface area contributed by atoms with Gasteiger partial charge in [-0.2, -0.15) is 13.2 Å². The van der Waals surface area contributed by atoms with E-state index in [1.807, 2.05) is 12.1 Å². The summed E-state index contributed by atoms with van der Waals surface area (Å²) in [6, 6.07) is 10.7. The monoisotopic (exact) mass is 415 g/mol. The highest BCUT2D eigenvalue weighted by atomic mass is 19.4. The summed E-state index contributed by atoms with van der Waals surface area (Å²) in [6.45, 7) is 0.972. The molecule has 0 heterocycles. The van der Waals surface area contributed by atoms with E-state index < -0.39 is 23.7 Å². The lowest BCUT2D eigenvalue weighted by Gasteiger charge is -2.13. The first-order chi connectivity index (χ1) is 13.6. The van der Waals surface area contributed by atoms with Gasteiger partial charge in [-0.1, -0.05) is 24.3 Å². The summed E-state index contributed by atoms with van der Waals surface area (Å²) >= 11 is 0. The molecule has 3 N–H and O–H groups in total. The largest absolute Gasteiger partial charge is 0.493 e. The molecule has 158 valence electrons. The zero-order valence-corrected chi connectivity index (χ0v) is 15.6. The number of alkyl halides is 3. The molecule has 2 aromatic carbocycles. The summed E-state index contributed by atoms with van der Waals surface area (Å²) in [4.78, 5) is 18.2. The van der Waals surface area contributed by atoms with E-state index in [1.165, 1.54) is 12.1 Å². The highest BCUT2D eigenvalue weighted by Gasteiger charge is 2.29. The maximum Gasteiger partial charge on any atom is 0.416 e. The number of carboxylic acids is 2. The van der Waals surface area contributed by atoms with Crippen LogP contribution in [-0.4, -0.2) is 36.4 Å². The van der Waals surface area contributed by atoms with Gasteiger partial charge in [-0.15, -0.1) is 0 Å². The number of hydrogen-bond donors (Lipinski definition) is 3. The number of aliphatic carboxylic acids is 2. The molecule has 10 heteroatoms. The van der Waals surface area contributed by atoms with Crippen LogP contribution in [0.3, 0.4) is 0 Å². The average molecular weight is 415 g/mol. The van der Waals surface area contributed by atoms with Gasteiger partial charge in [0, 0.05) is 18.7 Å². The molecule has 2 rings (SSSR count). The first kappa shape index (κ1) is 23.8. The molecule has 0 aromatic heterocycles. The molecule has 2 aromatic rings. The number of benzene rings is 2. The molecule has 0 radical (unpaired) electrons. The first-order valence-corrected chi connectivity index (χ1v) is 8.13. The third kappa shape index (κ3) is 7.70. The summed E-state index contributed by atoms with van der Waals surface area (Å²) in [5.41, 5.74) is 1.05. The van der Waals surface area contributed by atoms with Gasteiger partial charge in [0.2, 0.25) is 0 Å². The number of rotatable bonds is 6. The minimum atomic E-state index is -4.31. The van der Waals surface area contributed by atoms with Crippen molar-refractivity contribution in [2.24, 2.45) is 0 Å². The quantitative estimate of drug-likeness (QED) is 0.623. The van der Waals surface area contributed by atoms with Crippen molar-refractivity contribution < 1.29 is 42.4 Å². The molecule has 29 heavy (non-hydrogen) atoms. The van der Waals surface area contributed by atoms with Gasteiger partial charge in [-0.25, -0.2) is 9.59 Å². The Hall–Kier alpha value is -3.27. The van der Waals surface area contributed by atoms with Crippen LogP contribution in [0.2, 0.25) is 0 Å². The Bertz CT molecular complexity index is 810. The van der Waals surface area contributed by atoms with E-state index in [2.05, 4.69) is 5.32 Å². The van der Waals surface area contributed by atoms with E-state index in [0.29, 0.717) is 24.6 Å². The van der Waals surface area contributed by atoms with Gasteiger partial charge >= 0.3 is 18.1 Å². The normalized spacial score (nSPS) is 10.5. The van der Waals surface area contributed by atoms with Crippen LogP contribution in [0.15, 0.2) is 42.5 Å². The van der Waals surface area contributed by atoms with Crippen molar-refractivity contribution in [1.29, 1.82) is 0 Å². The maximum atomic E-state index is 12.5. The van der Waals surface area contributed by atoms with Crippen molar-refractivity contribution >= 4 is 11.9 Å². The van der Waals surface area contributed by atoms with E-state index in [9.17, 15) is 13.2 Å². The van der Waals surface area contributed by atoms with E-state index in [-0.39, 0.29) is 0 Å². The smallest absolute Gasteiger partial charge is 0.416 e. The van der Waals surface area contributed by atoms with Gasteiger partial charge in [0.1, 0.15) is 0 Å². The predicted molar refractivity (Wildman–Crippen MR) is 96.8 cm³/mol. The fourth-order valence-corrected chi connectivity index (χ4v) is 2.25. The van der Waals surface area contributed by atoms with Crippen LogP contribution in [0.25, 0.3) is 0 Å². The van der Waals surface area contributed by atoms with E-state index in [1.54, 1.807) is 20.3 Å². The summed E-state index contributed by atoms with van der Waals surface area (Å²) in [6.07, 6.45) is -4.31. The van der Waals surface area contributed by atoms with Crippen LogP contribution in [0.5, 0.6) is 11.5 Å². The third-order valence-corrected chi connectivity index (χ3v) is 3.59. The molecular formula is C19H20F3NO6. The Labute approximate surface area is 164 Å². The second-order valence-electron chi connectivity index (χ2n) is 5.56. The molecule has 0 aliphatic carbocycles. The Morgan fingerprint density at radius 1 is 0.931 bits per heavy atom.